The monoisotopic (exact) mass is 409 g/mol. The molecule has 0 unspecified atom stereocenters. The van der Waals surface area contributed by atoms with Crippen LogP contribution in [0.1, 0.15) is 72.6 Å². The molecule has 8 nitrogen and oxygen atoms in total. The molecular formula is C21H35N3O5. The van der Waals surface area contributed by atoms with Crippen LogP contribution in [0, 0.1) is 11.8 Å². The first kappa shape index (κ1) is 23.3. The van der Waals surface area contributed by atoms with Crippen molar-refractivity contribution in [1.82, 2.24) is 15.7 Å². The van der Waals surface area contributed by atoms with E-state index in [-0.39, 0.29) is 23.8 Å². The number of nitrogens with zero attached hydrogens (tertiary/aromatic N) is 1. The molecule has 0 bridgehead atoms. The van der Waals surface area contributed by atoms with Crippen molar-refractivity contribution < 1.29 is 24.0 Å². The summed E-state index contributed by atoms with van der Waals surface area (Å²) in [5.74, 6) is -1.52. The van der Waals surface area contributed by atoms with E-state index >= 15 is 0 Å². The van der Waals surface area contributed by atoms with Gasteiger partial charge < -0.3 is 10.2 Å². The van der Waals surface area contributed by atoms with E-state index in [0.29, 0.717) is 31.8 Å². The Bertz CT molecular complexity index is 621. The number of hydrogen-bond acceptors (Lipinski definition) is 5. The molecule has 2 rings (SSSR count). The Hall–Kier alpha value is -1.96. The number of carbonyl (C=O) groups excluding carboxylic acids is 4. The van der Waals surface area contributed by atoms with Crippen molar-refractivity contribution in [3.63, 3.8) is 0 Å². The largest absolute Gasteiger partial charge is 0.344 e. The Balaban J connectivity index is 2.03. The first-order chi connectivity index (χ1) is 13.8. The van der Waals surface area contributed by atoms with Gasteiger partial charge >= 0.3 is 5.91 Å². The highest BCUT2D eigenvalue weighted by molar-refractivity contribution is 6.38. The van der Waals surface area contributed by atoms with Gasteiger partial charge in [0.25, 0.3) is 0 Å². The van der Waals surface area contributed by atoms with Crippen LogP contribution in [-0.4, -0.2) is 53.1 Å². The molecule has 1 saturated heterocycles. The lowest BCUT2D eigenvalue weighted by Crippen LogP contribution is -2.54. The van der Waals surface area contributed by atoms with Crippen LogP contribution >= 0.6 is 0 Å². The second-order valence-electron chi connectivity index (χ2n) is 8.64. The van der Waals surface area contributed by atoms with Crippen molar-refractivity contribution in [1.29, 1.82) is 0 Å². The van der Waals surface area contributed by atoms with Gasteiger partial charge in [0.05, 0.1) is 12.6 Å². The van der Waals surface area contributed by atoms with Crippen LogP contribution in [0.15, 0.2) is 0 Å². The lowest BCUT2D eigenvalue weighted by atomic mass is 9.84. The quantitative estimate of drug-likeness (QED) is 0.446. The topological polar surface area (TPSA) is 105 Å². The number of amides is 3. The van der Waals surface area contributed by atoms with Gasteiger partial charge in [-0.25, -0.2) is 5.48 Å². The molecule has 1 aliphatic carbocycles. The molecule has 2 aliphatic rings. The molecule has 0 spiro atoms. The molecule has 164 valence electrons. The Morgan fingerprint density at radius 2 is 1.83 bits per heavy atom. The average Bonchev–Trinajstić information content (AvgIpc) is 3.06. The van der Waals surface area contributed by atoms with Crippen molar-refractivity contribution in [3.05, 3.63) is 0 Å². The number of likely N-dealkylation sites (tertiary alicyclic amines) is 1. The molecule has 0 aromatic heterocycles. The summed E-state index contributed by atoms with van der Waals surface area (Å²) >= 11 is 0. The number of hydrogen-bond donors (Lipinski definition) is 2. The first-order valence-electron chi connectivity index (χ1n) is 10.8. The molecule has 29 heavy (non-hydrogen) atoms. The molecule has 8 heteroatoms. The lowest BCUT2D eigenvalue weighted by molar-refractivity contribution is -0.148. The molecule has 0 radical (unpaired) electrons. The van der Waals surface area contributed by atoms with E-state index in [2.05, 4.69) is 10.8 Å². The summed E-state index contributed by atoms with van der Waals surface area (Å²) in [5, 5.41) is 2.74. The molecule has 3 amide bonds. The number of nitrogens with one attached hydrogen (secondary N) is 2. The maximum atomic E-state index is 13.0. The molecule has 1 saturated carbocycles. The second-order valence-corrected chi connectivity index (χ2v) is 8.64. The van der Waals surface area contributed by atoms with E-state index < -0.39 is 23.8 Å². The van der Waals surface area contributed by atoms with E-state index in [1.165, 1.54) is 6.92 Å². The standard InChI is InChI=1S/C21H35N3O5/c1-5-8-16(19(26)21(28)23-29-12-13(2)3)22-20(27)18-11-15-9-6-7-10-17(15)24(18)14(4)25/h13,15-18H,5-12H2,1-4H3,(H,22,27)(H,23,28)/t15-,16-,17-,18-/m0/s1. The highest BCUT2D eigenvalue weighted by Gasteiger charge is 2.46. The minimum absolute atomic E-state index is 0.102. The minimum Gasteiger partial charge on any atom is -0.344 e. The average molecular weight is 410 g/mol. The third kappa shape index (κ3) is 6.01. The zero-order valence-corrected chi connectivity index (χ0v) is 18.0. The van der Waals surface area contributed by atoms with Gasteiger partial charge in [0.1, 0.15) is 6.04 Å². The van der Waals surface area contributed by atoms with Crippen molar-refractivity contribution in [2.75, 3.05) is 6.61 Å². The third-order valence-electron chi connectivity index (χ3n) is 5.77. The Morgan fingerprint density at radius 3 is 2.45 bits per heavy atom. The van der Waals surface area contributed by atoms with Gasteiger partial charge in [0.15, 0.2) is 0 Å². The number of Topliss-reactive ketones (excluding diaryl/α,β-unsaturated/α-hetero) is 1. The highest BCUT2D eigenvalue weighted by atomic mass is 16.7. The molecule has 0 aromatic rings. The SMILES string of the molecule is CCC[C@H](NC(=O)[C@@H]1C[C@@H]2CCCC[C@@H]2N1C(C)=O)C(=O)C(=O)NOCC(C)C. The van der Waals surface area contributed by atoms with Crippen LogP contribution in [0.3, 0.4) is 0 Å². The maximum absolute atomic E-state index is 13.0. The smallest absolute Gasteiger partial charge is 0.313 e. The van der Waals surface area contributed by atoms with Crippen LogP contribution in [0.2, 0.25) is 0 Å². The summed E-state index contributed by atoms with van der Waals surface area (Å²) in [6.45, 7) is 7.52. The molecule has 0 aromatic carbocycles. The summed E-state index contributed by atoms with van der Waals surface area (Å²) in [7, 11) is 0. The van der Waals surface area contributed by atoms with Gasteiger partial charge in [-0.2, -0.15) is 0 Å². The van der Waals surface area contributed by atoms with Crippen molar-refractivity contribution in [3.8, 4) is 0 Å². The Kier molecular flexibility index (Phi) is 8.61. The third-order valence-corrected chi connectivity index (χ3v) is 5.77. The van der Waals surface area contributed by atoms with Gasteiger partial charge in [-0.05, 0) is 37.5 Å². The van der Waals surface area contributed by atoms with Crippen LogP contribution in [0.5, 0.6) is 0 Å². The fourth-order valence-corrected chi connectivity index (χ4v) is 4.45. The van der Waals surface area contributed by atoms with Gasteiger partial charge in [0.2, 0.25) is 17.6 Å². The predicted octanol–water partition coefficient (Wildman–Crippen LogP) is 1.72. The predicted molar refractivity (Wildman–Crippen MR) is 107 cm³/mol. The normalized spacial score (nSPS) is 24.7. The fraction of sp³-hybridized carbons (Fsp3) is 0.810. The van der Waals surface area contributed by atoms with Crippen molar-refractivity contribution in [2.45, 2.75) is 90.8 Å². The molecule has 2 N–H and O–H groups in total. The lowest BCUT2D eigenvalue weighted by Gasteiger charge is -2.33. The van der Waals surface area contributed by atoms with E-state index in [4.69, 9.17) is 4.84 Å². The van der Waals surface area contributed by atoms with Crippen LogP contribution in [0.25, 0.3) is 0 Å². The summed E-state index contributed by atoms with van der Waals surface area (Å²) in [4.78, 5) is 56.6. The van der Waals surface area contributed by atoms with Crippen LogP contribution in [-0.2, 0) is 24.0 Å². The van der Waals surface area contributed by atoms with Gasteiger partial charge in [-0.1, -0.05) is 40.0 Å². The number of rotatable bonds is 9. The van der Waals surface area contributed by atoms with E-state index in [1.54, 1.807) is 4.90 Å². The Labute approximate surface area is 173 Å². The first-order valence-corrected chi connectivity index (χ1v) is 10.8. The molecular weight excluding hydrogens is 374 g/mol. The van der Waals surface area contributed by atoms with Crippen LogP contribution in [0.4, 0.5) is 0 Å². The number of carbonyl (C=O) groups is 4. The molecule has 2 fully saturated rings. The van der Waals surface area contributed by atoms with Crippen molar-refractivity contribution in [2.24, 2.45) is 11.8 Å². The molecule has 1 heterocycles. The maximum Gasteiger partial charge on any atom is 0.313 e. The molecule has 4 atom stereocenters. The fourth-order valence-electron chi connectivity index (χ4n) is 4.45. The van der Waals surface area contributed by atoms with E-state index in [0.717, 1.165) is 25.7 Å². The number of hydroxylamine groups is 1. The molecule has 1 aliphatic heterocycles. The summed E-state index contributed by atoms with van der Waals surface area (Å²) in [6.07, 6.45) is 5.71. The van der Waals surface area contributed by atoms with E-state index in [1.807, 2.05) is 20.8 Å². The number of ketones is 1. The zero-order valence-electron chi connectivity index (χ0n) is 18.0. The minimum atomic E-state index is -0.924. The summed E-state index contributed by atoms with van der Waals surface area (Å²) < 4.78 is 0. The zero-order chi connectivity index (χ0) is 21.6. The van der Waals surface area contributed by atoms with Crippen LogP contribution < -0.4 is 10.8 Å². The summed E-state index contributed by atoms with van der Waals surface area (Å²) in [5.41, 5.74) is 2.16. The highest BCUT2D eigenvalue weighted by Crippen LogP contribution is 2.39. The van der Waals surface area contributed by atoms with E-state index in [9.17, 15) is 19.2 Å². The van der Waals surface area contributed by atoms with Gasteiger partial charge in [0, 0.05) is 13.0 Å². The second kappa shape index (κ2) is 10.7. The van der Waals surface area contributed by atoms with Gasteiger partial charge in [-0.15, -0.1) is 0 Å². The Morgan fingerprint density at radius 1 is 1.14 bits per heavy atom. The summed E-state index contributed by atoms with van der Waals surface area (Å²) in [6, 6.07) is -1.40. The van der Waals surface area contributed by atoms with Crippen molar-refractivity contribution >= 4 is 23.5 Å². The van der Waals surface area contributed by atoms with Gasteiger partial charge in [-0.3, -0.25) is 24.0 Å². The number of fused-ring (bicyclic) bond motifs is 1.